The molecule has 3 aromatic rings. The van der Waals surface area contributed by atoms with E-state index in [9.17, 15) is 4.79 Å². The number of aromatic nitrogens is 2. The third kappa shape index (κ3) is 3.91. The van der Waals surface area contributed by atoms with Gasteiger partial charge in [0.2, 0.25) is 0 Å². The van der Waals surface area contributed by atoms with Crippen LogP contribution in [0, 0.1) is 6.92 Å². The van der Waals surface area contributed by atoms with E-state index >= 15 is 0 Å². The number of rotatable bonds is 6. The molecule has 3 rings (SSSR count). The lowest BCUT2D eigenvalue weighted by Crippen LogP contribution is -2.15. The van der Waals surface area contributed by atoms with Crippen LogP contribution in [0.15, 0.2) is 47.1 Å². The molecule has 6 heteroatoms. The highest BCUT2D eigenvalue weighted by atomic mass is 16.5. The van der Waals surface area contributed by atoms with Crippen LogP contribution in [-0.2, 0) is 12.8 Å². The van der Waals surface area contributed by atoms with Crippen LogP contribution in [0.5, 0.6) is 0 Å². The molecule has 134 valence electrons. The first kappa shape index (κ1) is 17.7. The van der Waals surface area contributed by atoms with E-state index < -0.39 is 0 Å². The lowest BCUT2D eigenvalue weighted by molar-refractivity contribution is 0.102. The van der Waals surface area contributed by atoms with Crippen molar-refractivity contribution in [2.75, 3.05) is 10.6 Å². The Hall–Kier alpha value is -3.15. The molecule has 0 spiro atoms. The number of nitrogens with zero attached hydrogens (tertiary/aromatic N) is 2. The molecule has 0 bridgehead atoms. The van der Waals surface area contributed by atoms with Crippen LogP contribution in [0.4, 0.5) is 17.3 Å². The van der Waals surface area contributed by atoms with Gasteiger partial charge in [0.25, 0.3) is 5.91 Å². The van der Waals surface area contributed by atoms with Crippen LogP contribution < -0.4 is 10.6 Å². The van der Waals surface area contributed by atoms with Gasteiger partial charge in [-0.25, -0.2) is 4.98 Å². The third-order valence-corrected chi connectivity index (χ3v) is 4.15. The molecule has 1 amide bonds. The predicted molar refractivity (Wildman–Crippen MR) is 102 cm³/mol. The van der Waals surface area contributed by atoms with Gasteiger partial charge in [-0.3, -0.25) is 4.79 Å². The van der Waals surface area contributed by atoms with Crippen molar-refractivity contribution in [3.63, 3.8) is 0 Å². The largest absolute Gasteiger partial charge is 0.360 e. The van der Waals surface area contributed by atoms with Crippen molar-refractivity contribution >= 4 is 23.2 Å². The number of pyridine rings is 1. The molecule has 0 aliphatic carbocycles. The number of benzene rings is 1. The lowest BCUT2D eigenvalue weighted by atomic mass is 10.0. The molecule has 2 aromatic heterocycles. The molecule has 0 aliphatic rings. The summed E-state index contributed by atoms with van der Waals surface area (Å²) in [5.41, 5.74) is 3.67. The van der Waals surface area contributed by atoms with Gasteiger partial charge in [0, 0.05) is 18.0 Å². The zero-order chi connectivity index (χ0) is 18.5. The average molecular weight is 350 g/mol. The van der Waals surface area contributed by atoms with Gasteiger partial charge in [0.15, 0.2) is 5.82 Å². The number of aryl methyl sites for hydroxylation is 3. The highest BCUT2D eigenvalue weighted by Gasteiger charge is 2.12. The van der Waals surface area contributed by atoms with Crippen LogP contribution in [0.2, 0.25) is 0 Å². The summed E-state index contributed by atoms with van der Waals surface area (Å²) in [7, 11) is 0. The number of nitrogens with one attached hydrogen (secondary N) is 2. The van der Waals surface area contributed by atoms with E-state index in [0.29, 0.717) is 23.0 Å². The molecular weight excluding hydrogens is 328 g/mol. The number of para-hydroxylation sites is 1. The van der Waals surface area contributed by atoms with Crippen LogP contribution in [0.25, 0.3) is 0 Å². The van der Waals surface area contributed by atoms with Crippen molar-refractivity contribution < 1.29 is 9.32 Å². The van der Waals surface area contributed by atoms with Crippen LogP contribution in [-0.4, -0.2) is 16.0 Å². The number of carbonyl (C=O) groups excluding carboxylic acids is 1. The van der Waals surface area contributed by atoms with Crippen molar-refractivity contribution in [3.05, 3.63) is 65.0 Å². The molecule has 0 saturated carbocycles. The van der Waals surface area contributed by atoms with Gasteiger partial charge in [-0.1, -0.05) is 37.2 Å². The maximum Gasteiger partial charge on any atom is 0.257 e. The van der Waals surface area contributed by atoms with Gasteiger partial charge in [-0.15, -0.1) is 0 Å². The topological polar surface area (TPSA) is 80.0 Å². The van der Waals surface area contributed by atoms with Crippen molar-refractivity contribution in [3.8, 4) is 0 Å². The molecule has 2 heterocycles. The number of carbonyl (C=O) groups is 1. The molecule has 0 atom stereocenters. The quantitative estimate of drug-likeness (QED) is 0.684. The van der Waals surface area contributed by atoms with Gasteiger partial charge in [0.05, 0.1) is 5.56 Å². The summed E-state index contributed by atoms with van der Waals surface area (Å²) < 4.78 is 5.00. The first-order valence-electron chi connectivity index (χ1n) is 8.69. The summed E-state index contributed by atoms with van der Waals surface area (Å²) in [6.07, 6.45) is 3.27. The van der Waals surface area contributed by atoms with Crippen molar-refractivity contribution in [1.29, 1.82) is 0 Å². The number of hydrogen-bond donors (Lipinski definition) is 2. The molecule has 0 aliphatic heterocycles. The summed E-state index contributed by atoms with van der Waals surface area (Å²) in [6, 6.07) is 11.4. The Balaban J connectivity index is 1.74. The Morgan fingerprint density at radius 1 is 1.08 bits per heavy atom. The SMILES string of the molecule is CCc1cccc(CC)c1NC(=O)c1ccc(Nc2cc(C)on2)nc1. The lowest BCUT2D eigenvalue weighted by Gasteiger charge is -2.14. The van der Waals surface area contributed by atoms with E-state index in [1.165, 1.54) is 0 Å². The third-order valence-electron chi connectivity index (χ3n) is 4.15. The Morgan fingerprint density at radius 2 is 1.81 bits per heavy atom. The zero-order valence-corrected chi connectivity index (χ0v) is 15.2. The summed E-state index contributed by atoms with van der Waals surface area (Å²) in [5, 5.41) is 9.93. The Labute approximate surface area is 152 Å². The van der Waals surface area contributed by atoms with Crippen LogP contribution in [0.1, 0.15) is 41.1 Å². The van der Waals surface area contributed by atoms with E-state index in [-0.39, 0.29) is 5.91 Å². The second-order valence-electron chi connectivity index (χ2n) is 5.99. The smallest absolute Gasteiger partial charge is 0.257 e. The first-order chi connectivity index (χ1) is 12.6. The highest BCUT2D eigenvalue weighted by Crippen LogP contribution is 2.23. The standard InChI is InChI=1S/C20H22N4O2/c1-4-14-7-6-8-15(5-2)19(14)23-20(25)16-9-10-17(21-12-16)22-18-11-13(3)26-24-18/h6-12H,4-5H2,1-3H3,(H,23,25)(H,21,22,24). The Morgan fingerprint density at radius 3 is 2.35 bits per heavy atom. The first-order valence-corrected chi connectivity index (χ1v) is 8.69. The average Bonchev–Trinajstić information content (AvgIpc) is 3.07. The maximum absolute atomic E-state index is 12.6. The Kier molecular flexibility index (Phi) is 5.31. The van der Waals surface area contributed by atoms with Gasteiger partial charge in [-0.2, -0.15) is 0 Å². The summed E-state index contributed by atoms with van der Waals surface area (Å²) >= 11 is 0. The molecular formula is C20H22N4O2. The minimum absolute atomic E-state index is 0.170. The van der Waals surface area contributed by atoms with Crippen molar-refractivity contribution in [1.82, 2.24) is 10.1 Å². The van der Waals surface area contributed by atoms with Crippen molar-refractivity contribution in [2.24, 2.45) is 0 Å². The van der Waals surface area contributed by atoms with Gasteiger partial charge < -0.3 is 15.2 Å². The molecule has 6 nitrogen and oxygen atoms in total. The maximum atomic E-state index is 12.6. The normalized spacial score (nSPS) is 10.6. The predicted octanol–water partition coefficient (Wildman–Crippen LogP) is 4.50. The monoisotopic (exact) mass is 350 g/mol. The Bertz CT molecular complexity index is 878. The molecule has 0 unspecified atom stereocenters. The summed E-state index contributed by atoms with van der Waals surface area (Å²) in [4.78, 5) is 16.9. The van der Waals surface area contributed by atoms with Gasteiger partial charge >= 0.3 is 0 Å². The molecule has 0 saturated heterocycles. The van der Waals surface area contributed by atoms with Crippen LogP contribution in [0.3, 0.4) is 0 Å². The summed E-state index contributed by atoms with van der Waals surface area (Å²) in [5.74, 6) is 1.72. The fourth-order valence-electron chi connectivity index (χ4n) is 2.75. The molecule has 0 radical (unpaired) electrons. The molecule has 1 aromatic carbocycles. The van der Waals surface area contributed by atoms with E-state index in [1.807, 2.05) is 25.1 Å². The van der Waals surface area contributed by atoms with Crippen LogP contribution >= 0.6 is 0 Å². The number of anilines is 3. The molecule has 2 N–H and O–H groups in total. The summed E-state index contributed by atoms with van der Waals surface area (Å²) in [6.45, 7) is 5.98. The molecule has 26 heavy (non-hydrogen) atoms. The second kappa shape index (κ2) is 7.82. The van der Waals surface area contributed by atoms with Gasteiger partial charge in [-0.05, 0) is 43.0 Å². The fourth-order valence-corrected chi connectivity index (χ4v) is 2.75. The minimum Gasteiger partial charge on any atom is -0.360 e. The minimum atomic E-state index is -0.170. The molecule has 0 fully saturated rings. The number of amides is 1. The zero-order valence-electron chi connectivity index (χ0n) is 15.2. The van der Waals surface area contributed by atoms with Gasteiger partial charge in [0.1, 0.15) is 11.6 Å². The van der Waals surface area contributed by atoms with Crippen molar-refractivity contribution in [2.45, 2.75) is 33.6 Å². The number of hydrogen-bond acceptors (Lipinski definition) is 5. The van der Waals surface area contributed by atoms with E-state index in [4.69, 9.17) is 4.52 Å². The highest BCUT2D eigenvalue weighted by molar-refractivity contribution is 6.05. The van der Waals surface area contributed by atoms with E-state index in [2.05, 4.69) is 34.6 Å². The van der Waals surface area contributed by atoms with E-state index in [1.54, 1.807) is 24.4 Å². The second-order valence-corrected chi connectivity index (χ2v) is 5.99. The van der Waals surface area contributed by atoms with E-state index in [0.717, 1.165) is 29.7 Å². The fraction of sp³-hybridized carbons (Fsp3) is 0.250.